The van der Waals surface area contributed by atoms with Crippen molar-refractivity contribution in [3.05, 3.63) is 41.4 Å². The van der Waals surface area contributed by atoms with Crippen LogP contribution in [0.25, 0.3) is 0 Å². The van der Waals surface area contributed by atoms with Crippen LogP contribution in [0.4, 0.5) is 11.4 Å². The zero-order chi connectivity index (χ0) is 13.2. The summed E-state index contributed by atoms with van der Waals surface area (Å²) < 4.78 is 16.1. The molecule has 2 aromatic rings. The van der Waals surface area contributed by atoms with E-state index in [4.69, 9.17) is 25.8 Å². The normalized spacial score (nSPS) is 12.3. The molecule has 0 saturated carbocycles. The summed E-state index contributed by atoms with van der Waals surface area (Å²) in [5.74, 6) is 2.02. The second-order valence-electron chi connectivity index (χ2n) is 3.99. The van der Waals surface area contributed by atoms with Gasteiger partial charge in [-0.15, -0.1) is 0 Å². The quantitative estimate of drug-likeness (QED) is 0.926. The van der Waals surface area contributed by atoms with Crippen molar-refractivity contribution in [2.45, 2.75) is 0 Å². The molecule has 4 nitrogen and oxygen atoms in total. The highest BCUT2D eigenvalue weighted by Crippen LogP contribution is 2.42. The summed E-state index contributed by atoms with van der Waals surface area (Å²) in [5, 5.41) is 3.80. The molecule has 0 radical (unpaired) electrons. The van der Waals surface area contributed by atoms with E-state index in [2.05, 4.69) is 5.32 Å². The molecule has 0 atom stereocenters. The molecule has 1 heterocycles. The van der Waals surface area contributed by atoms with Gasteiger partial charge < -0.3 is 19.5 Å². The van der Waals surface area contributed by atoms with Gasteiger partial charge in [0.15, 0.2) is 17.2 Å². The maximum atomic E-state index is 6.09. The lowest BCUT2D eigenvalue weighted by atomic mass is 10.2. The Bertz CT molecular complexity index is 604. The highest BCUT2D eigenvalue weighted by molar-refractivity contribution is 6.32. The summed E-state index contributed by atoms with van der Waals surface area (Å²) in [5.41, 5.74) is 1.59. The van der Waals surface area contributed by atoms with Crippen molar-refractivity contribution in [2.75, 3.05) is 19.2 Å². The smallest absolute Gasteiger partial charge is 0.231 e. The monoisotopic (exact) mass is 277 g/mol. The van der Waals surface area contributed by atoms with Crippen molar-refractivity contribution >= 4 is 23.0 Å². The molecule has 19 heavy (non-hydrogen) atoms. The van der Waals surface area contributed by atoms with Crippen LogP contribution in [0.1, 0.15) is 0 Å². The molecule has 0 spiro atoms. The first-order valence-electron chi connectivity index (χ1n) is 5.77. The maximum absolute atomic E-state index is 6.09. The fourth-order valence-electron chi connectivity index (χ4n) is 1.99. The van der Waals surface area contributed by atoms with E-state index in [9.17, 15) is 0 Å². The SMILES string of the molecule is COc1c(Cl)cccc1Nc1cccc2c1OCO2. The number of methoxy groups -OCH3 is 1. The van der Waals surface area contributed by atoms with E-state index >= 15 is 0 Å². The number of benzene rings is 2. The van der Waals surface area contributed by atoms with E-state index in [0.717, 1.165) is 17.1 Å². The lowest BCUT2D eigenvalue weighted by Crippen LogP contribution is -1.97. The van der Waals surface area contributed by atoms with Gasteiger partial charge in [-0.25, -0.2) is 0 Å². The Morgan fingerprint density at radius 2 is 1.89 bits per heavy atom. The number of para-hydroxylation sites is 2. The molecule has 0 amide bonds. The third kappa shape index (κ3) is 2.15. The predicted octanol–water partition coefficient (Wildman–Crippen LogP) is 3.82. The van der Waals surface area contributed by atoms with Crippen molar-refractivity contribution in [3.63, 3.8) is 0 Å². The molecule has 98 valence electrons. The average Bonchev–Trinajstić information content (AvgIpc) is 2.88. The molecule has 0 bridgehead atoms. The van der Waals surface area contributed by atoms with E-state index in [1.807, 2.05) is 30.3 Å². The highest BCUT2D eigenvalue weighted by atomic mass is 35.5. The second-order valence-corrected chi connectivity index (χ2v) is 4.39. The van der Waals surface area contributed by atoms with Crippen molar-refractivity contribution in [1.29, 1.82) is 0 Å². The first-order valence-corrected chi connectivity index (χ1v) is 6.15. The number of fused-ring (bicyclic) bond motifs is 1. The molecule has 5 heteroatoms. The number of hydrogen-bond acceptors (Lipinski definition) is 4. The topological polar surface area (TPSA) is 39.7 Å². The Kier molecular flexibility index (Phi) is 3.09. The van der Waals surface area contributed by atoms with Crippen LogP contribution in [0, 0.1) is 0 Å². The summed E-state index contributed by atoms with van der Waals surface area (Å²) in [6, 6.07) is 11.2. The molecule has 2 aromatic carbocycles. The summed E-state index contributed by atoms with van der Waals surface area (Å²) >= 11 is 6.09. The Balaban J connectivity index is 1.99. The van der Waals surface area contributed by atoms with E-state index in [-0.39, 0.29) is 6.79 Å². The van der Waals surface area contributed by atoms with Crippen LogP contribution in [0.5, 0.6) is 17.2 Å². The fourth-order valence-corrected chi connectivity index (χ4v) is 2.24. The molecular formula is C14H12ClNO3. The highest BCUT2D eigenvalue weighted by Gasteiger charge is 2.18. The number of ether oxygens (including phenoxy) is 3. The molecule has 1 aliphatic heterocycles. The van der Waals surface area contributed by atoms with Gasteiger partial charge in [0.1, 0.15) is 0 Å². The van der Waals surface area contributed by atoms with Crippen LogP contribution in [0.2, 0.25) is 5.02 Å². The Morgan fingerprint density at radius 3 is 2.74 bits per heavy atom. The number of halogens is 1. The minimum Gasteiger partial charge on any atom is -0.493 e. The van der Waals surface area contributed by atoms with Crippen LogP contribution >= 0.6 is 11.6 Å². The van der Waals surface area contributed by atoms with Gasteiger partial charge in [-0.1, -0.05) is 23.7 Å². The van der Waals surface area contributed by atoms with Crippen LogP contribution < -0.4 is 19.5 Å². The Morgan fingerprint density at radius 1 is 1.11 bits per heavy atom. The number of anilines is 2. The van der Waals surface area contributed by atoms with Gasteiger partial charge >= 0.3 is 0 Å². The molecule has 0 aromatic heterocycles. The molecule has 0 aliphatic carbocycles. The average molecular weight is 278 g/mol. The summed E-state index contributed by atoms with van der Waals surface area (Å²) in [6.07, 6.45) is 0. The molecule has 1 aliphatic rings. The van der Waals surface area contributed by atoms with Gasteiger partial charge in [0.05, 0.1) is 23.5 Å². The zero-order valence-corrected chi connectivity index (χ0v) is 11.0. The van der Waals surface area contributed by atoms with Gasteiger partial charge in [-0.2, -0.15) is 0 Å². The summed E-state index contributed by atoms with van der Waals surface area (Å²) in [6.45, 7) is 0.237. The molecule has 3 rings (SSSR count). The lowest BCUT2D eigenvalue weighted by molar-refractivity contribution is 0.174. The number of hydrogen-bond donors (Lipinski definition) is 1. The minimum atomic E-state index is 0.237. The van der Waals surface area contributed by atoms with Gasteiger partial charge in [0.25, 0.3) is 0 Å². The minimum absolute atomic E-state index is 0.237. The summed E-state index contributed by atoms with van der Waals surface area (Å²) in [4.78, 5) is 0. The third-order valence-electron chi connectivity index (χ3n) is 2.84. The first kappa shape index (κ1) is 12.0. The predicted molar refractivity (Wildman–Crippen MR) is 73.9 cm³/mol. The van der Waals surface area contributed by atoms with Crippen molar-refractivity contribution in [3.8, 4) is 17.2 Å². The lowest BCUT2D eigenvalue weighted by Gasteiger charge is -2.13. The van der Waals surface area contributed by atoms with Crippen LogP contribution in [0.15, 0.2) is 36.4 Å². The van der Waals surface area contributed by atoms with Crippen LogP contribution in [-0.4, -0.2) is 13.9 Å². The van der Waals surface area contributed by atoms with Gasteiger partial charge in [0.2, 0.25) is 6.79 Å². The largest absolute Gasteiger partial charge is 0.493 e. The number of rotatable bonds is 3. The van der Waals surface area contributed by atoms with E-state index in [0.29, 0.717) is 16.5 Å². The van der Waals surface area contributed by atoms with Gasteiger partial charge in [0, 0.05) is 0 Å². The molecule has 1 N–H and O–H groups in total. The Hall–Kier alpha value is -2.07. The van der Waals surface area contributed by atoms with Crippen molar-refractivity contribution in [1.82, 2.24) is 0 Å². The zero-order valence-electron chi connectivity index (χ0n) is 10.3. The van der Waals surface area contributed by atoms with Crippen molar-refractivity contribution < 1.29 is 14.2 Å². The maximum Gasteiger partial charge on any atom is 0.231 e. The molecule has 0 unspecified atom stereocenters. The fraction of sp³-hybridized carbons (Fsp3) is 0.143. The van der Waals surface area contributed by atoms with Crippen LogP contribution in [-0.2, 0) is 0 Å². The summed E-state index contributed by atoms with van der Waals surface area (Å²) in [7, 11) is 1.58. The van der Waals surface area contributed by atoms with Gasteiger partial charge in [-0.3, -0.25) is 0 Å². The van der Waals surface area contributed by atoms with E-state index < -0.39 is 0 Å². The van der Waals surface area contributed by atoms with Crippen LogP contribution in [0.3, 0.4) is 0 Å². The third-order valence-corrected chi connectivity index (χ3v) is 3.13. The standard InChI is InChI=1S/C14H12ClNO3/c1-17-13-9(15)4-2-5-10(13)16-11-6-3-7-12-14(11)19-8-18-12/h2-7,16H,8H2,1H3. The molecule has 0 fully saturated rings. The molecule has 0 saturated heterocycles. The second kappa shape index (κ2) is 4.90. The Labute approximate surface area is 115 Å². The molecular weight excluding hydrogens is 266 g/mol. The van der Waals surface area contributed by atoms with Gasteiger partial charge in [-0.05, 0) is 24.3 Å². The van der Waals surface area contributed by atoms with Crippen molar-refractivity contribution in [2.24, 2.45) is 0 Å². The first-order chi connectivity index (χ1) is 9.29. The van der Waals surface area contributed by atoms with E-state index in [1.54, 1.807) is 13.2 Å². The number of nitrogens with one attached hydrogen (secondary N) is 1. The van der Waals surface area contributed by atoms with E-state index in [1.165, 1.54) is 0 Å².